The zero-order valence-corrected chi connectivity index (χ0v) is 19.5. The maximum atomic E-state index is 12.6. The van der Waals surface area contributed by atoms with E-state index in [2.05, 4.69) is 15.1 Å². The van der Waals surface area contributed by atoms with Gasteiger partial charge in [0.2, 0.25) is 5.91 Å². The smallest absolute Gasteiger partial charge is 0.377 e. The SMILES string of the molecule is CCCC(=O)OOC(=O)[C@@](O)(CC(C)C)C(C)(C)COS(=O)(=O)CCCNC(C)=O. The minimum Gasteiger partial charge on any atom is -0.377 e. The minimum atomic E-state index is -3.96. The summed E-state index contributed by atoms with van der Waals surface area (Å²) >= 11 is 0. The van der Waals surface area contributed by atoms with Crippen LogP contribution in [-0.4, -0.2) is 55.9 Å². The van der Waals surface area contributed by atoms with Gasteiger partial charge in [-0.2, -0.15) is 8.42 Å². The molecule has 0 saturated heterocycles. The summed E-state index contributed by atoms with van der Waals surface area (Å²) in [7, 11) is -3.96. The van der Waals surface area contributed by atoms with Gasteiger partial charge < -0.3 is 10.4 Å². The summed E-state index contributed by atoms with van der Waals surface area (Å²) < 4.78 is 29.3. The number of carbonyl (C=O) groups excluding carboxylic acids is 3. The number of hydrogen-bond acceptors (Lipinski definition) is 9. The second kappa shape index (κ2) is 12.2. The fraction of sp³-hybridized carbons (Fsp3) is 0.842. The van der Waals surface area contributed by atoms with Gasteiger partial charge in [-0.05, 0) is 25.2 Å². The molecular weight excluding hydrogens is 418 g/mol. The summed E-state index contributed by atoms with van der Waals surface area (Å²) in [5.74, 6) is -2.73. The van der Waals surface area contributed by atoms with Gasteiger partial charge in [0.15, 0.2) is 5.60 Å². The third kappa shape index (κ3) is 9.86. The standard InChI is InChI=1S/C19H35NO9S/c1-7-9-16(22)28-29-17(23)19(24,12-14(2)3)18(5,6)13-27-30(25,26)11-8-10-20-15(4)21/h14,24H,7-13H2,1-6H3,(H,20,21)/t19-/m0/s1. The number of aliphatic hydroxyl groups is 1. The van der Waals surface area contributed by atoms with Crippen molar-refractivity contribution in [2.24, 2.45) is 11.3 Å². The normalized spacial score (nSPS) is 14.1. The molecule has 1 amide bonds. The predicted molar refractivity (Wildman–Crippen MR) is 108 cm³/mol. The van der Waals surface area contributed by atoms with Gasteiger partial charge in [0, 0.05) is 25.3 Å². The Hall–Kier alpha value is -1.72. The maximum absolute atomic E-state index is 12.6. The van der Waals surface area contributed by atoms with Crippen LogP contribution in [0, 0.1) is 11.3 Å². The van der Waals surface area contributed by atoms with E-state index in [0.29, 0.717) is 6.42 Å². The summed E-state index contributed by atoms with van der Waals surface area (Å²) in [6, 6.07) is 0. The van der Waals surface area contributed by atoms with Gasteiger partial charge in [0.05, 0.1) is 12.4 Å². The molecule has 10 nitrogen and oxygen atoms in total. The molecule has 176 valence electrons. The molecule has 0 bridgehead atoms. The zero-order valence-electron chi connectivity index (χ0n) is 18.6. The van der Waals surface area contributed by atoms with Gasteiger partial charge in [-0.15, -0.1) is 0 Å². The Morgan fingerprint density at radius 3 is 2.23 bits per heavy atom. The molecule has 0 aliphatic carbocycles. The Morgan fingerprint density at radius 2 is 1.73 bits per heavy atom. The minimum absolute atomic E-state index is 0.0408. The second-order valence-corrected chi connectivity index (χ2v) is 10.0. The van der Waals surface area contributed by atoms with Gasteiger partial charge in [-0.1, -0.05) is 34.6 Å². The second-order valence-electron chi connectivity index (χ2n) is 8.28. The Kier molecular flexibility index (Phi) is 11.5. The molecular formula is C19H35NO9S. The molecule has 1 atom stereocenters. The van der Waals surface area contributed by atoms with E-state index >= 15 is 0 Å². The predicted octanol–water partition coefficient (Wildman–Crippen LogP) is 1.46. The average Bonchev–Trinajstić information content (AvgIpc) is 2.61. The molecule has 0 spiro atoms. The van der Waals surface area contributed by atoms with Crippen LogP contribution in [0.4, 0.5) is 0 Å². The number of rotatable bonds is 13. The number of amides is 1. The van der Waals surface area contributed by atoms with Crippen molar-refractivity contribution >= 4 is 28.0 Å². The molecule has 11 heteroatoms. The van der Waals surface area contributed by atoms with E-state index < -0.39 is 39.7 Å². The summed E-state index contributed by atoms with van der Waals surface area (Å²) in [5, 5.41) is 13.6. The first-order valence-electron chi connectivity index (χ1n) is 9.92. The molecule has 0 aromatic rings. The van der Waals surface area contributed by atoms with Gasteiger partial charge in [0.25, 0.3) is 10.1 Å². The molecule has 30 heavy (non-hydrogen) atoms. The molecule has 0 unspecified atom stereocenters. The zero-order chi connectivity index (χ0) is 23.6. The third-order valence-electron chi connectivity index (χ3n) is 4.37. The molecule has 0 aliphatic heterocycles. The number of nitrogens with one attached hydrogen (secondary N) is 1. The summed E-state index contributed by atoms with van der Waals surface area (Å²) in [4.78, 5) is 43.9. The van der Waals surface area contributed by atoms with Crippen LogP contribution in [0.2, 0.25) is 0 Å². The van der Waals surface area contributed by atoms with E-state index in [0.717, 1.165) is 0 Å². The first kappa shape index (κ1) is 28.3. The van der Waals surface area contributed by atoms with Crippen molar-refractivity contribution in [2.45, 2.75) is 72.8 Å². The van der Waals surface area contributed by atoms with Crippen molar-refractivity contribution < 1.29 is 41.9 Å². The molecule has 2 N–H and O–H groups in total. The highest BCUT2D eigenvalue weighted by molar-refractivity contribution is 7.86. The van der Waals surface area contributed by atoms with Crippen LogP contribution in [0.3, 0.4) is 0 Å². The van der Waals surface area contributed by atoms with Crippen LogP contribution in [-0.2, 0) is 38.5 Å². The topological polar surface area (TPSA) is 145 Å². The van der Waals surface area contributed by atoms with Crippen LogP contribution in [0.5, 0.6) is 0 Å². The van der Waals surface area contributed by atoms with Gasteiger partial charge in [-0.3, -0.25) is 8.98 Å². The molecule has 0 radical (unpaired) electrons. The van der Waals surface area contributed by atoms with Crippen molar-refractivity contribution in [1.29, 1.82) is 0 Å². The van der Waals surface area contributed by atoms with E-state index in [4.69, 9.17) is 4.18 Å². The lowest BCUT2D eigenvalue weighted by atomic mass is 9.71. The van der Waals surface area contributed by atoms with Crippen LogP contribution < -0.4 is 5.32 Å². The van der Waals surface area contributed by atoms with Crippen LogP contribution in [0.15, 0.2) is 0 Å². The summed E-state index contributed by atoms with van der Waals surface area (Å²) in [6.07, 6.45) is 0.606. The number of carbonyl (C=O) groups is 3. The van der Waals surface area contributed by atoms with E-state index in [-0.39, 0.29) is 43.4 Å². The van der Waals surface area contributed by atoms with Crippen LogP contribution in [0.1, 0.15) is 67.2 Å². The van der Waals surface area contributed by atoms with Crippen molar-refractivity contribution in [1.82, 2.24) is 5.32 Å². The van der Waals surface area contributed by atoms with E-state index in [9.17, 15) is 27.9 Å². The molecule has 0 aromatic heterocycles. The summed E-state index contributed by atoms with van der Waals surface area (Å²) in [6.45, 7) is 9.17. The van der Waals surface area contributed by atoms with E-state index in [1.165, 1.54) is 20.8 Å². The van der Waals surface area contributed by atoms with Crippen molar-refractivity contribution in [3.63, 3.8) is 0 Å². The first-order valence-corrected chi connectivity index (χ1v) is 11.5. The molecule has 0 heterocycles. The summed E-state index contributed by atoms with van der Waals surface area (Å²) in [5.41, 5.74) is -3.56. The lowest BCUT2D eigenvalue weighted by Gasteiger charge is -2.40. The van der Waals surface area contributed by atoms with Crippen molar-refractivity contribution in [3.05, 3.63) is 0 Å². The lowest BCUT2D eigenvalue weighted by Crippen LogP contribution is -2.55. The monoisotopic (exact) mass is 453 g/mol. The number of hydrogen-bond donors (Lipinski definition) is 2. The first-order chi connectivity index (χ1) is 13.7. The molecule has 0 aromatic carbocycles. The van der Waals surface area contributed by atoms with Crippen molar-refractivity contribution in [3.8, 4) is 0 Å². The van der Waals surface area contributed by atoms with Crippen LogP contribution >= 0.6 is 0 Å². The van der Waals surface area contributed by atoms with E-state index in [1.807, 2.05) is 0 Å². The van der Waals surface area contributed by atoms with E-state index in [1.54, 1.807) is 20.8 Å². The fourth-order valence-electron chi connectivity index (χ4n) is 2.55. The Balaban J connectivity index is 5.18. The average molecular weight is 454 g/mol. The van der Waals surface area contributed by atoms with Gasteiger partial charge >= 0.3 is 11.9 Å². The highest BCUT2D eigenvalue weighted by atomic mass is 32.2. The highest BCUT2D eigenvalue weighted by Gasteiger charge is 2.53. The molecule has 0 rings (SSSR count). The highest BCUT2D eigenvalue weighted by Crippen LogP contribution is 2.38. The Bertz CT molecular complexity index is 688. The molecule has 0 saturated carbocycles. The Morgan fingerprint density at radius 1 is 1.13 bits per heavy atom. The Labute approximate surface area is 178 Å². The fourth-order valence-corrected chi connectivity index (χ4v) is 3.64. The van der Waals surface area contributed by atoms with Crippen molar-refractivity contribution in [2.75, 3.05) is 18.9 Å². The maximum Gasteiger partial charge on any atom is 0.387 e. The van der Waals surface area contributed by atoms with Crippen LogP contribution in [0.25, 0.3) is 0 Å². The van der Waals surface area contributed by atoms with Gasteiger partial charge in [-0.25, -0.2) is 19.4 Å². The molecule has 0 aliphatic rings. The largest absolute Gasteiger partial charge is 0.387 e. The van der Waals surface area contributed by atoms with Gasteiger partial charge in [0.1, 0.15) is 0 Å². The third-order valence-corrected chi connectivity index (χ3v) is 5.64. The molecule has 0 fully saturated rings. The lowest BCUT2D eigenvalue weighted by molar-refractivity contribution is -0.278. The quantitative estimate of drug-likeness (QED) is 0.183.